The summed E-state index contributed by atoms with van der Waals surface area (Å²) < 4.78 is 2.14. The van der Waals surface area contributed by atoms with Crippen LogP contribution >= 0.6 is 0 Å². The van der Waals surface area contributed by atoms with E-state index >= 15 is 0 Å². The molecule has 0 bridgehead atoms. The molecular formula is C14H20N4. The number of nitrogens with zero attached hydrogens (tertiary/aromatic N) is 4. The molecule has 0 saturated heterocycles. The average molecular weight is 244 g/mol. The molecular weight excluding hydrogens is 224 g/mol. The Morgan fingerprint density at radius 2 is 2.06 bits per heavy atom. The van der Waals surface area contributed by atoms with Crippen LogP contribution in [0.15, 0.2) is 0 Å². The van der Waals surface area contributed by atoms with Gasteiger partial charge in [0.15, 0.2) is 0 Å². The Morgan fingerprint density at radius 1 is 1.33 bits per heavy atom. The van der Waals surface area contributed by atoms with E-state index in [-0.39, 0.29) is 0 Å². The molecule has 0 aliphatic heterocycles. The Hall–Kier alpha value is -1.37. The van der Waals surface area contributed by atoms with E-state index in [0.29, 0.717) is 18.4 Å². The van der Waals surface area contributed by atoms with Crippen molar-refractivity contribution in [2.24, 2.45) is 5.92 Å². The Labute approximate surface area is 108 Å². The summed E-state index contributed by atoms with van der Waals surface area (Å²) >= 11 is 0. The van der Waals surface area contributed by atoms with Gasteiger partial charge in [-0.25, -0.2) is 4.68 Å². The predicted octanol–water partition coefficient (Wildman–Crippen LogP) is 2.97. The SMILES string of the molecule is CC(C1CC1)n1nnc(CC#N)c1C1CCCC1. The van der Waals surface area contributed by atoms with E-state index in [2.05, 4.69) is 28.0 Å². The number of hydrogen-bond acceptors (Lipinski definition) is 3. The van der Waals surface area contributed by atoms with E-state index in [9.17, 15) is 0 Å². The van der Waals surface area contributed by atoms with Crippen molar-refractivity contribution in [1.29, 1.82) is 5.26 Å². The lowest BCUT2D eigenvalue weighted by molar-refractivity contribution is 0.404. The summed E-state index contributed by atoms with van der Waals surface area (Å²) in [6, 6.07) is 2.69. The van der Waals surface area contributed by atoms with Crippen molar-refractivity contribution in [3.05, 3.63) is 11.4 Å². The molecule has 4 nitrogen and oxygen atoms in total. The highest BCUT2D eigenvalue weighted by Gasteiger charge is 2.34. The first-order chi connectivity index (χ1) is 8.81. The van der Waals surface area contributed by atoms with Gasteiger partial charge in [-0.1, -0.05) is 18.1 Å². The third-order valence-electron chi connectivity index (χ3n) is 4.48. The molecule has 0 spiro atoms. The zero-order valence-electron chi connectivity index (χ0n) is 11.0. The van der Waals surface area contributed by atoms with Crippen LogP contribution in [0.3, 0.4) is 0 Å². The van der Waals surface area contributed by atoms with Gasteiger partial charge >= 0.3 is 0 Å². The van der Waals surface area contributed by atoms with Crippen molar-refractivity contribution in [2.45, 2.75) is 63.8 Å². The zero-order valence-corrected chi connectivity index (χ0v) is 11.0. The summed E-state index contributed by atoms with van der Waals surface area (Å²) in [5.74, 6) is 1.37. The van der Waals surface area contributed by atoms with Crippen molar-refractivity contribution < 1.29 is 0 Å². The maximum absolute atomic E-state index is 8.93. The predicted molar refractivity (Wildman–Crippen MR) is 68.0 cm³/mol. The Bertz CT molecular complexity index is 461. The second kappa shape index (κ2) is 4.72. The molecule has 1 unspecified atom stereocenters. The van der Waals surface area contributed by atoms with E-state index in [1.165, 1.54) is 44.2 Å². The Kier molecular flexibility index (Phi) is 3.07. The average Bonchev–Trinajstić information content (AvgIpc) is 2.92. The van der Waals surface area contributed by atoms with E-state index in [0.717, 1.165) is 11.6 Å². The molecule has 1 heterocycles. The van der Waals surface area contributed by atoms with Crippen molar-refractivity contribution in [1.82, 2.24) is 15.0 Å². The number of aromatic nitrogens is 3. The Morgan fingerprint density at radius 3 is 2.67 bits per heavy atom. The minimum atomic E-state index is 0.406. The van der Waals surface area contributed by atoms with Crippen LogP contribution in [0.1, 0.15) is 68.8 Å². The van der Waals surface area contributed by atoms with E-state index in [4.69, 9.17) is 5.26 Å². The highest BCUT2D eigenvalue weighted by atomic mass is 15.4. The van der Waals surface area contributed by atoms with Crippen molar-refractivity contribution in [3.63, 3.8) is 0 Å². The van der Waals surface area contributed by atoms with Gasteiger partial charge < -0.3 is 0 Å². The Balaban J connectivity index is 1.94. The number of nitriles is 1. The van der Waals surface area contributed by atoms with Crippen LogP contribution < -0.4 is 0 Å². The highest BCUT2D eigenvalue weighted by Crippen LogP contribution is 2.42. The fourth-order valence-electron chi connectivity index (χ4n) is 3.24. The van der Waals surface area contributed by atoms with Gasteiger partial charge in [0.05, 0.1) is 24.2 Å². The molecule has 96 valence electrons. The summed E-state index contributed by atoms with van der Waals surface area (Å²) in [7, 11) is 0. The third-order valence-corrected chi connectivity index (χ3v) is 4.48. The molecule has 1 aromatic heterocycles. The molecule has 3 rings (SSSR count). The molecule has 1 atom stereocenters. The van der Waals surface area contributed by atoms with Gasteiger partial charge in [0.1, 0.15) is 5.69 Å². The largest absolute Gasteiger partial charge is 0.246 e. The molecule has 0 radical (unpaired) electrons. The van der Waals surface area contributed by atoms with Crippen LogP contribution in [0.5, 0.6) is 0 Å². The van der Waals surface area contributed by atoms with E-state index in [1.807, 2.05) is 0 Å². The summed E-state index contributed by atoms with van der Waals surface area (Å²) in [4.78, 5) is 0. The zero-order chi connectivity index (χ0) is 12.5. The minimum absolute atomic E-state index is 0.406. The topological polar surface area (TPSA) is 54.5 Å². The van der Waals surface area contributed by atoms with Gasteiger partial charge in [-0.2, -0.15) is 5.26 Å². The van der Waals surface area contributed by atoms with Crippen LogP contribution in [0.2, 0.25) is 0 Å². The van der Waals surface area contributed by atoms with E-state index < -0.39 is 0 Å². The van der Waals surface area contributed by atoms with Gasteiger partial charge in [-0.05, 0) is 38.5 Å². The van der Waals surface area contributed by atoms with Crippen molar-refractivity contribution in [2.75, 3.05) is 0 Å². The highest BCUT2D eigenvalue weighted by molar-refractivity contribution is 5.20. The molecule has 4 heteroatoms. The first-order valence-electron chi connectivity index (χ1n) is 7.12. The second-order valence-corrected chi connectivity index (χ2v) is 5.76. The number of hydrogen-bond donors (Lipinski definition) is 0. The van der Waals surface area contributed by atoms with Crippen LogP contribution in [-0.4, -0.2) is 15.0 Å². The van der Waals surface area contributed by atoms with Gasteiger partial charge in [0.2, 0.25) is 0 Å². The quantitative estimate of drug-likeness (QED) is 0.818. The fourth-order valence-corrected chi connectivity index (χ4v) is 3.24. The molecule has 2 fully saturated rings. The maximum atomic E-state index is 8.93. The monoisotopic (exact) mass is 244 g/mol. The van der Waals surface area contributed by atoms with Crippen LogP contribution in [0.4, 0.5) is 0 Å². The minimum Gasteiger partial charge on any atom is -0.246 e. The molecule has 18 heavy (non-hydrogen) atoms. The smallest absolute Gasteiger partial charge is 0.100 e. The van der Waals surface area contributed by atoms with Crippen LogP contribution in [0.25, 0.3) is 0 Å². The van der Waals surface area contributed by atoms with Crippen molar-refractivity contribution in [3.8, 4) is 6.07 Å². The lowest BCUT2D eigenvalue weighted by atomic mass is 10.00. The summed E-state index contributed by atoms with van der Waals surface area (Å²) in [5.41, 5.74) is 2.20. The van der Waals surface area contributed by atoms with Crippen LogP contribution in [-0.2, 0) is 6.42 Å². The van der Waals surface area contributed by atoms with Crippen molar-refractivity contribution >= 4 is 0 Å². The molecule has 2 aliphatic carbocycles. The van der Waals surface area contributed by atoms with E-state index in [1.54, 1.807) is 0 Å². The molecule has 1 aromatic rings. The normalized spacial score (nSPS) is 22.0. The molecule has 0 amide bonds. The molecule has 2 saturated carbocycles. The van der Waals surface area contributed by atoms with Gasteiger partial charge in [0.25, 0.3) is 0 Å². The van der Waals surface area contributed by atoms with Gasteiger partial charge in [-0.3, -0.25) is 0 Å². The summed E-state index contributed by atoms with van der Waals surface area (Å²) in [5, 5.41) is 17.6. The third kappa shape index (κ3) is 2.03. The maximum Gasteiger partial charge on any atom is 0.100 e. The van der Waals surface area contributed by atoms with Crippen LogP contribution in [0, 0.1) is 17.2 Å². The van der Waals surface area contributed by atoms with Gasteiger partial charge in [0, 0.05) is 5.92 Å². The molecule has 0 N–H and O–H groups in total. The lowest BCUT2D eigenvalue weighted by Crippen LogP contribution is -2.15. The standard InChI is InChI=1S/C14H20N4/c1-10(11-6-7-11)18-14(12-4-2-3-5-12)13(8-9-15)16-17-18/h10-12H,2-8H2,1H3. The first-order valence-corrected chi connectivity index (χ1v) is 7.12. The first kappa shape index (κ1) is 11.7. The lowest BCUT2D eigenvalue weighted by Gasteiger charge is -2.18. The summed E-state index contributed by atoms with van der Waals surface area (Å²) in [6.07, 6.45) is 8.13. The van der Waals surface area contributed by atoms with Gasteiger partial charge in [-0.15, -0.1) is 5.10 Å². The molecule has 2 aliphatic rings. The summed E-state index contributed by atoms with van der Waals surface area (Å²) in [6.45, 7) is 2.25. The fraction of sp³-hybridized carbons (Fsp3) is 0.786. The molecule has 0 aromatic carbocycles. The number of rotatable bonds is 4. The second-order valence-electron chi connectivity index (χ2n) is 5.76.